The van der Waals surface area contributed by atoms with Crippen LogP contribution in [0.5, 0.6) is 5.75 Å². The van der Waals surface area contributed by atoms with Gasteiger partial charge in [-0.05, 0) is 30.3 Å². The summed E-state index contributed by atoms with van der Waals surface area (Å²) in [5.41, 5.74) is 6.77. The average molecular weight is 287 g/mol. The van der Waals surface area contributed by atoms with Crippen molar-refractivity contribution in [3.63, 3.8) is 0 Å². The van der Waals surface area contributed by atoms with Crippen molar-refractivity contribution in [2.24, 2.45) is 0 Å². The first-order valence-electron chi connectivity index (χ1n) is 6.00. The number of nitrogens with two attached hydrogens (primary N) is 1. The number of carbonyl (C=O) groups is 1. The molecule has 0 saturated heterocycles. The summed E-state index contributed by atoms with van der Waals surface area (Å²) in [7, 11) is 1.37. The fourth-order valence-electron chi connectivity index (χ4n) is 1.73. The van der Waals surface area contributed by atoms with Crippen molar-refractivity contribution < 1.29 is 14.5 Å². The van der Waals surface area contributed by atoms with E-state index in [2.05, 4.69) is 5.32 Å². The molecule has 7 heteroatoms. The van der Waals surface area contributed by atoms with Crippen LogP contribution < -0.4 is 15.8 Å². The van der Waals surface area contributed by atoms with E-state index in [1.54, 1.807) is 24.3 Å². The summed E-state index contributed by atoms with van der Waals surface area (Å²) in [6.45, 7) is 0. The highest BCUT2D eigenvalue weighted by atomic mass is 16.6. The number of benzene rings is 2. The van der Waals surface area contributed by atoms with E-state index in [0.29, 0.717) is 16.9 Å². The summed E-state index contributed by atoms with van der Waals surface area (Å²) >= 11 is 0. The van der Waals surface area contributed by atoms with Crippen LogP contribution in [0.1, 0.15) is 10.4 Å². The van der Waals surface area contributed by atoms with E-state index < -0.39 is 4.92 Å². The molecule has 2 rings (SSSR count). The number of nitrogens with zero attached hydrogens (tertiary/aromatic N) is 1. The highest BCUT2D eigenvalue weighted by Crippen LogP contribution is 2.29. The van der Waals surface area contributed by atoms with E-state index in [-0.39, 0.29) is 17.3 Å². The minimum atomic E-state index is -0.534. The van der Waals surface area contributed by atoms with E-state index in [1.807, 2.05) is 0 Å². The molecular weight excluding hydrogens is 274 g/mol. The van der Waals surface area contributed by atoms with Crippen LogP contribution in [0, 0.1) is 10.1 Å². The Morgan fingerprint density at radius 1 is 1.24 bits per heavy atom. The minimum Gasteiger partial charge on any atom is -0.494 e. The summed E-state index contributed by atoms with van der Waals surface area (Å²) in [5.74, 6) is -0.143. The number of hydrogen-bond donors (Lipinski definition) is 2. The van der Waals surface area contributed by atoms with Gasteiger partial charge < -0.3 is 15.8 Å². The third-order valence-corrected chi connectivity index (χ3v) is 2.82. The maximum atomic E-state index is 12.1. The van der Waals surface area contributed by atoms with E-state index in [9.17, 15) is 14.9 Å². The smallest absolute Gasteiger partial charge is 0.273 e. The Labute approximate surface area is 120 Å². The number of nitrogens with one attached hydrogen (secondary N) is 1. The largest absolute Gasteiger partial charge is 0.494 e. The Morgan fingerprint density at radius 3 is 2.48 bits per heavy atom. The molecule has 0 aliphatic carbocycles. The fraction of sp³-hybridized carbons (Fsp3) is 0.0714. The van der Waals surface area contributed by atoms with Crippen LogP contribution in [0.4, 0.5) is 17.1 Å². The third kappa shape index (κ3) is 3.27. The Bertz CT molecular complexity index is 683. The standard InChI is InChI=1S/C14H13N3O4/c1-21-13-8-11(17(19)20)6-7-12(13)16-14(18)9-2-4-10(15)5-3-9/h2-8H,15H2,1H3,(H,16,18). The zero-order chi connectivity index (χ0) is 15.4. The van der Waals surface area contributed by atoms with E-state index in [0.717, 1.165) is 0 Å². The van der Waals surface area contributed by atoms with Gasteiger partial charge in [0.2, 0.25) is 0 Å². The molecule has 108 valence electrons. The van der Waals surface area contributed by atoms with E-state index in [1.165, 1.54) is 25.3 Å². The molecule has 0 fully saturated rings. The lowest BCUT2D eigenvalue weighted by atomic mass is 10.2. The van der Waals surface area contributed by atoms with Gasteiger partial charge in [0.1, 0.15) is 5.75 Å². The Kier molecular flexibility index (Phi) is 4.03. The molecule has 7 nitrogen and oxygen atoms in total. The Hall–Kier alpha value is -3.09. The first-order valence-corrected chi connectivity index (χ1v) is 6.00. The number of nitro groups is 1. The zero-order valence-corrected chi connectivity index (χ0v) is 11.2. The molecule has 0 atom stereocenters. The van der Waals surface area contributed by atoms with Gasteiger partial charge in [-0.1, -0.05) is 0 Å². The average Bonchev–Trinajstić information content (AvgIpc) is 2.48. The summed E-state index contributed by atoms with van der Waals surface area (Å²) < 4.78 is 5.05. The molecule has 0 spiro atoms. The Balaban J connectivity index is 2.24. The second-order valence-electron chi connectivity index (χ2n) is 4.22. The first kappa shape index (κ1) is 14.3. The molecule has 0 unspecified atom stereocenters. The molecule has 2 aromatic carbocycles. The van der Waals surface area contributed by atoms with Gasteiger partial charge in [0.05, 0.1) is 23.8 Å². The quantitative estimate of drug-likeness (QED) is 0.510. The van der Waals surface area contributed by atoms with Crippen molar-refractivity contribution >= 4 is 23.0 Å². The van der Waals surface area contributed by atoms with Crippen molar-refractivity contribution in [2.45, 2.75) is 0 Å². The monoisotopic (exact) mass is 287 g/mol. The maximum absolute atomic E-state index is 12.1. The van der Waals surface area contributed by atoms with Gasteiger partial charge in [-0.25, -0.2) is 0 Å². The lowest BCUT2D eigenvalue weighted by Crippen LogP contribution is -2.12. The predicted molar refractivity (Wildman–Crippen MR) is 78.5 cm³/mol. The van der Waals surface area contributed by atoms with Gasteiger partial charge in [-0.15, -0.1) is 0 Å². The van der Waals surface area contributed by atoms with Gasteiger partial charge in [0.15, 0.2) is 0 Å². The molecule has 0 aliphatic rings. The number of nitro benzene ring substituents is 1. The number of methoxy groups -OCH3 is 1. The SMILES string of the molecule is COc1cc([N+](=O)[O-])ccc1NC(=O)c1ccc(N)cc1. The number of ether oxygens (including phenoxy) is 1. The second-order valence-corrected chi connectivity index (χ2v) is 4.22. The third-order valence-electron chi connectivity index (χ3n) is 2.82. The van der Waals surface area contributed by atoms with Gasteiger partial charge >= 0.3 is 0 Å². The highest BCUT2D eigenvalue weighted by Gasteiger charge is 2.14. The molecular formula is C14H13N3O4. The van der Waals surface area contributed by atoms with Crippen LogP contribution >= 0.6 is 0 Å². The molecule has 0 bridgehead atoms. The van der Waals surface area contributed by atoms with Crippen molar-refractivity contribution in [3.8, 4) is 5.75 Å². The van der Waals surface area contributed by atoms with E-state index in [4.69, 9.17) is 10.5 Å². The van der Waals surface area contributed by atoms with Gasteiger partial charge in [0, 0.05) is 17.3 Å². The fourth-order valence-corrected chi connectivity index (χ4v) is 1.73. The van der Waals surface area contributed by atoms with Gasteiger partial charge in [0.25, 0.3) is 11.6 Å². The van der Waals surface area contributed by atoms with Crippen molar-refractivity contribution in [1.29, 1.82) is 0 Å². The molecule has 0 radical (unpaired) electrons. The van der Waals surface area contributed by atoms with Crippen molar-refractivity contribution in [1.82, 2.24) is 0 Å². The first-order chi connectivity index (χ1) is 10.0. The molecule has 0 saturated carbocycles. The van der Waals surface area contributed by atoms with Crippen LogP contribution in [0.3, 0.4) is 0 Å². The summed E-state index contributed by atoms with van der Waals surface area (Å²) in [5, 5.41) is 13.3. The van der Waals surface area contributed by atoms with Crippen LogP contribution in [-0.2, 0) is 0 Å². The maximum Gasteiger partial charge on any atom is 0.273 e. The van der Waals surface area contributed by atoms with E-state index >= 15 is 0 Å². The molecule has 0 aromatic heterocycles. The minimum absolute atomic E-state index is 0.114. The normalized spacial score (nSPS) is 9.95. The highest BCUT2D eigenvalue weighted by molar-refractivity contribution is 6.05. The number of non-ortho nitro benzene ring substituents is 1. The summed E-state index contributed by atoms with van der Waals surface area (Å²) in [6.07, 6.45) is 0. The lowest BCUT2D eigenvalue weighted by molar-refractivity contribution is -0.384. The summed E-state index contributed by atoms with van der Waals surface area (Å²) in [6, 6.07) is 10.4. The number of nitrogen functional groups attached to an aromatic ring is 1. The van der Waals surface area contributed by atoms with Crippen molar-refractivity contribution in [2.75, 3.05) is 18.2 Å². The number of amides is 1. The van der Waals surface area contributed by atoms with Crippen LogP contribution in [-0.4, -0.2) is 17.9 Å². The number of anilines is 2. The topological polar surface area (TPSA) is 107 Å². The molecule has 3 N–H and O–H groups in total. The van der Waals surface area contributed by atoms with Crippen LogP contribution in [0.25, 0.3) is 0 Å². The van der Waals surface area contributed by atoms with Crippen molar-refractivity contribution in [3.05, 3.63) is 58.1 Å². The molecule has 0 aliphatic heterocycles. The van der Waals surface area contributed by atoms with Crippen LogP contribution in [0.2, 0.25) is 0 Å². The zero-order valence-electron chi connectivity index (χ0n) is 11.2. The number of hydrogen-bond acceptors (Lipinski definition) is 5. The predicted octanol–water partition coefficient (Wildman–Crippen LogP) is 2.44. The van der Waals surface area contributed by atoms with Crippen LogP contribution in [0.15, 0.2) is 42.5 Å². The Morgan fingerprint density at radius 2 is 1.90 bits per heavy atom. The lowest BCUT2D eigenvalue weighted by Gasteiger charge is -2.10. The molecule has 0 heterocycles. The number of carbonyl (C=O) groups excluding carboxylic acids is 1. The van der Waals surface area contributed by atoms with Gasteiger partial charge in [-0.3, -0.25) is 14.9 Å². The summed E-state index contributed by atoms with van der Waals surface area (Å²) in [4.78, 5) is 22.2. The second kappa shape index (κ2) is 5.91. The number of rotatable bonds is 4. The molecule has 21 heavy (non-hydrogen) atoms. The molecule has 1 amide bonds. The molecule has 2 aromatic rings. The van der Waals surface area contributed by atoms with Gasteiger partial charge in [-0.2, -0.15) is 0 Å².